The number of hydrogen-bond donors (Lipinski definition) is 1. The summed E-state index contributed by atoms with van der Waals surface area (Å²) in [7, 11) is 0. The Balaban J connectivity index is 2.44. The summed E-state index contributed by atoms with van der Waals surface area (Å²) in [5, 5.41) is 0. The van der Waals surface area contributed by atoms with E-state index in [4.69, 9.17) is 5.73 Å². The van der Waals surface area contributed by atoms with Crippen molar-refractivity contribution in [3.63, 3.8) is 0 Å². The Hall–Kier alpha value is -1.24. The molecule has 0 saturated heterocycles. The van der Waals surface area contributed by atoms with Crippen molar-refractivity contribution < 1.29 is 0 Å². The van der Waals surface area contributed by atoms with Crippen molar-refractivity contribution in [3.8, 4) is 0 Å². The third-order valence-electron chi connectivity index (χ3n) is 2.65. The number of allylic oxidation sites excluding steroid dienone is 1. The summed E-state index contributed by atoms with van der Waals surface area (Å²) in [6.45, 7) is 4.43. The first kappa shape index (κ1) is 8.36. The summed E-state index contributed by atoms with van der Waals surface area (Å²) in [5.74, 6) is 0.604. The molecule has 1 nitrogen and oxygen atoms in total. The maximum atomic E-state index is 5.83. The third kappa shape index (κ3) is 1.35. The lowest BCUT2D eigenvalue weighted by Gasteiger charge is -2.08. The Morgan fingerprint density at radius 3 is 2.77 bits per heavy atom. The number of rotatable bonds is 1. The summed E-state index contributed by atoms with van der Waals surface area (Å²) in [5.41, 5.74) is 10.8. The Bertz CT molecular complexity index is 361. The Kier molecular flexibility index (Phi) is 1.87. The monoisotopic (exact) mass is 173 g/mol. The van der Waals surface area contributed by atoms with Crippen molar-refractivity contribution in [1.82, 2.24) is 0 Å². The number of fused-ring (bicyclic) bond motifs is 1. The Morgan fingerprint density at radius 1 is 1.31 bits per heavy atom. The van der Waals surface area contributed by atoms with Gasteiger partial charge in [-0.25, -0.2) is 0 Å². The fraction of sp³-hybridized carbons (Fsp3) is 0.333. The van der Waals surface area contributed by atoms with Crippen LogP contribution in [0.5, 0.6) is 0 Å². The second-order valence-corrected chi connectivity index (χ2v) is 3.93. The first-order valence-electron chi connectivity index (χ1n) is 4.77. The van der Waals surface area contributed by atoms with E-state index in [1.807, 2.05) is 0 Å². The standard InChI is InChI=1S/C12H15N/c1-8(2)9-3-5-11-10(7-9)4-6-12(11)13/h3,5-8H,4,13H2,1-2H3. The minimum absolute atomic E-state index is 0.604. The molecule has 0 atom stereocenters. The number of benzene rings is 1. The van der Waals surface area contributed by atoms with Gasteiger partial charge in [-0.2, -0.15) is 0 Å². The zero-order valence-electron chi connectivity index (χ0n) is 8.17. The molecule has 1 aliphatic carbocycles. The van der Waals surface area contributed by atoms with Gasteiger partial charge in [0.2, 0.25) is 0 Å². The highest BCUT2D eigenvalue weighted by atomic mass is 14.6. The molecule has 1 heteroatoms. The van der Waals surface area contributed by atoms with E-state index < -0.39 is 0 Å². The van der Waals surface area contributed by atoms with Gasteiger partial charge in [-0.1, -0.05) is 38.1 Å². The summed E-state index contributed by atoms with van der Waals surface area (Å²) in [6, 6.07) is 6.59. The predicted octanol–water partition coefficient (Wildman–Crippen LogP) is 2.67. The second-order valence-electron chi connectivity index (χ2n) is 3.93. The lowest BCUT2D eigenvalue weighted by atomic mass is 9.98. The number of hydrogen-bond acceptors (Lipinski definition) is 1. The largest absolute Gasteiger partial charge is 0.398 e. The van der Waals surface area contributed by atoms with Crippen LogP contribution in [0.3, 0.4) is 0 Å². The van der Waals surface area contributed by atoms with E-state index >= 15 is 0 Å². The molecule has 2 N–H and O–H groups in total. The van der Waals surface area contributed by atoms with Crippen molar-refractivity contribution in [1.29, 1.82) is 0 Å². The van der Waals surface area contributed by atoms with Gasteiger partial charge in [-0.05, 0) is 23.5 Å². The quantitative estimate of drug-likeness (QED) is 0.694. The van der Waals surface area contributed by atoms with Crippen LogP contribution in [0.15, 0.2) is 24.3 Å². The van der Waals surface area contributed by atoms with Gasteiger partial charge >= 0.3 is 0 Å². The zero-order valence-corrected chi connectivity index (χ0v) is 8.17. The van der Waals surface area contributed by atoms with Crippen LogP contribution >= 0.6 is 0 Å². The molecule has 0 bridgehead atoms. The molecule has 1 aromatic carbocycles. The Labute approximate surface area is 79.3 Å². The smallest absolute Gasteiger partial charge is 0.0353 e. The average Bonchev–Trinajstić information content (AvgIpc) is 2.47. The molecule has 0 radical (unpaired) electrons. The van der Waals surface area contributed by atoms with Crippen molar-refractivity contribution in [2.75, 3.05) is 0 Å². The molecule has 0 amide bonds. The van der Waals surface area contributed by atoms with E-state index in [1.54, 1.807) is 0 Å². The van der Waals surface area contributed by atoms with E-state index in [2.05, 4.69) is 38.1 Å². The van der Waals surface area contributed by atoms with Gasteiger partial charge in [0.1, 0.15) is 0 Å². The molecule has 0 unspecified atom stereocenters. The van der Waals surface area contributed by atoms with Crippen molar-refractivity contribution in [3.05, 3.63) is 41.0 Å². The molecule has 0 aliphatic heterocycles. The molecule has 68 valence electrons. The SMILES string of the molecule is CC(C)c1ccc2c(c1)CC=C2N. The van der Waals surface area contributed by atoms with E-state index in [0.29, 0.717) is 5.92 Å². The van der Waals surface area contributed by atoms with Gasteiger partial charge in [0.25, 0.3) is 0 Å². The molecule has 0 heterocycles. The molecule has 1 aliphatic rings. The topological polar surface area (TPSA) is 26.0 Å². The van der Waals surface area contributed by atoms with E-state index in [0.717, 1.165) is 12.1 Å². The van der Waals surface area contributed by atoms with Crippen LogP contribution in [0.1, 0.15) is 36.5 Å². The third-order valence-corrected chi connectivity index (χ3v) is 2.65. The van der Waals surface area contributed by atoms with Crippen molar-refractivity contribution in [2.24, 2.45) is 5.73 Å². The van der Waals surface area contributed by atoms with E-state index in [9.17, 15) is 0 Å². The van der Waals surface area contributed by atoms with Crippen LogP contribution in [0.2, 0.25) is 0 Å². The van der Waals surface area contributed by atoms with Crippen LogP contribution < -0.4 is 5.73 Å². The lowest BCUT2D eigenvalue weighted by Crippen LogP contribution is -1.95. The fourth-order valence-electron chi connectivity index (χ4n) is 1.75. The fourth-order valence-corrected chi connectivity index (χ4v) is 1.75. The molecule has 0 fully saturated rings. The van der Waals surface area contributed by atoms with Gasteiger partial charge < -0.3 is 5.73 Å². The Morgan fingerprint density at radius 2 is 2.08 bits per heavy atom. The molecule has 0 aromatic heterocycles. The van der Waals surface area contributed by atoms with Gasteiger partial charge in [0.15, 0.2) is 0 Å². The van der Waals surface area contributed by atoms with Gasteiger partial charge in [-0.15, -0.1) is 0 Å². The molecule has 2 rings (SSSR count). The minimum atomic E-state index is 0.604. The summed E-state index contributed by atoms with van der Waals surface area (Å²) < 4.78 is 0. The second kappa shape index (κ2) is 2.91. The minimum Gasteiger partial charge on any atom is -0.398 e. The van der Waals surface area contributed by atoms with Crippen molar-refractivity contribution in [2.45, 2.75) is 26.2 Å². The highest BCUT2D eigenvalue weighted by Gasteiger charge is 2.12. The summed E-state index contributed by atoms with van der Waals surface area (Å²) in [6.07, 6.45) is 3.09. The van der Waals surface area contributed by atoms with Crippen LogP contribution in [-0.2, 0) is 6.42 Å². The lowest BCUT2D eigenvalue weighted by molar-refractivity contribution is 0.864. The van der Waals surface area contributed by atoms with Gasteiger partial charge in [-0.3, -0.25) is 0 Å². The molecule has 0 spiro atoms. The highest BCUT2D eigenvalue weighted by molar-refractivity contribution is 5.70. The predicted molar refractivity (Wildman–Crippen MR) is 56.4 cm³/mol. The van der Waals surface area contributed by atoms with Crippen LogP contribution in [-0.4, -0.2) is 0 Å². The van der Waals surface area contributed by atoms with Gasteiger partial charge in [0, 0.05) is 11.3 Å². The average molecular weight is 173 g/mol. The first-order chi connectivity index (χ1) is 6.18. The van der Waals surface area contributed by atoms with Crippen LogP contribution in [0.25, 0.3) is 5.70 Å². The number of nitrogens with two attached hydrogens (primary N) is 1. The first-order valence-corrected chi connectivity index (χ1v) is 4.77. The molecular formula is C12H15N. The van der Waals surface area contributed by atoms with Crippen molar-refractivity contribution >= 4 is 5.70 Å². The molecule has 13 heavy (non-hydrogen) atoms. The molecule has 1 aromatic rings. The maximum Gasteiger partial charge on any atom is 0.0353 e. The van der Waals surface area contributed by atoms with E-state index in [-0.39, 0.29) is 0 Å². The normalized spacial score (nSPS) is 14.5. The van der Waals surface area contributed by atoms with Crippen LogP contribution in [0, 0.1) is 0 Å². The molecular weight excluding hydrogens is 158 g/mol. The molecule has 0 saturated carbocycles. The highest BCUT2D eigenvalue weighted by Crippen LogP contribution is 2.27. The van der Waals surface area contributed by atoms with E-state index in [1.165, 1.54) is 16.7 Å². The maximum absolute atomic E-state index is 5.83. The van der Waals surface area contributed by atoms with Crippen LogP contribution in [0.4, 0.5) is 0 Å². The summed E-state index contributed by atoms with van der Waals surface area (Å²) in [4.78, 5) is 0. The summed E-state index contributed by atoms with van der Waals surface area (Å²) >= 11 is 0. The van der Waals surface area contributed by atoms with Gasteiger partial charge in [0.05, 0.1) is 0 Å². The zero-order chi connectivity index (χ0) is 9.42.